The predicted molar refractivity (Wildman–Crippen MR) is 106 cm³/mol. The Hall–Kier alpha value is 0.0700. The fourth-order valence-electron chi connectivity index (χ4n) is 7.98. The molecule has 4 aliphatic carbocycles. The smallest absolute Gasteiger partial charge is 0.147 e. The molecule has 0 radical (unpaired) electrons. The van der Waals surface area contributed by atoms with E-state index in [1.54, 1.807) is 7.11 Å². The molecule has 0 aliphatic heterocycles. The van der Waals surface area contributed by atoms with Crippen LogP contribution in [-0.4, -0.2) is 35.5 Å². The van der Waals surface area contributed by atoms with Gasteiger partial charge in [0.2, 0.25) is 0 Å². The number of ether oxygens (including phenoxy) is 1. The van der Waals surface area contributed by atoms with Crippen LogP contribution in [0.3, 0.4) is 0 Å². The molecule has 26 heavy (non-hydrogen) atoms. The monoisotopic (exact) mass is 426 g/mol. The van der Waals surface area contributed by atoms with Crippen LogP contribution in [0.1, 0.15) is 64.7 Å². The van der Waals surface area contributed by atoms with Crippen molar-refractivity contribution < 1.29 is 14.6 Å². The first-order chi connectivity index (χ1) is 12.4. The van der Waals surface area contributed by atoms with Crippen LogP contribution in [0.5, 0.6) is 0 Å². The average molecular weight is 427 g/mol. The number of fused-ring (bicyclic) bond motifs is 5. The molecule has 4 aliphatic rings. The molecule has 0 unspecified atom stereocenters. The molecule has 0 heterocycles. The molecule has 4 fully saturated rings. The largest absolute Gasteiger partial charge is 0.387 e. The van der Waals surface area contributed by atoms with Crippen molar-refractivity contribution in [2.75, 3.05) is 19.0 Å². The number of aliphatic hydroxyl groups is 1. The standard InChI is InChI=1S/C22H35BrO3/c1-21-9-7-16-15-8-10-22(25,13-26-2)11-14(15)3-4-17(16)18(21)5-6-19(21)20(24)12-23/h14-19,25H,3-13H2,1-2H3/t14-,15-,16+,17+,18-,19+,21-,22+/m0/s1. The first kappa shape index (κ1) is 19.4. The van der Waals surface area contributed by atoms with Gasteiger partial charge in [-0.1, -0.05) is 22.9 Å². The number of rotatable bonds is 4. The van der Waals surface area contributed by atoms with Gasteiger partial charge in [-0.25, -0.2) is 0 Å². The van der Waals surface area contributed by atoms with E-state index in [1.807, 2.05) is 0 Å². The van der Waals surface area contributed by atoms with Gasteiger partial charge in [0, 0.05) is 13.0 Å². The Morgan fingerprint density at radius 1 is 1.08 bits per heavy atom. The number of hydrogen-bond acceptors (Lipinski definition) is 3. The quantitative estimate of drug-likeness (QED) is 0.668. The lowest BCUT2D eigenvalue weighted by Gasteiger charge is -2.57. The lowest BCUT2D eigenvalue weighted by atomic mass is 9.49. The number of Topliss-reactive ketones (excluding diaryl/α,β-unsaturated/α-hetero) is 1. The van der Waals surface area contributed by atoms with Gasteiger partial charge in [0.05, 0.1) is 17.5 Å². The van der Waals surface area contributed by atoms with Gasteiger partial charge in [-0.3, -0.25) is 4.79 Å². The predicted octanol–water partition coefficient (Wildman–Crippen LogP) is 4.60. The topological polar surface area (TPSA) is 46.5 Å². The van der Waals surface area contributed by atoms with Crippen molar-refractivity contribution in [2.45, 2.75) is 70.3 Å². The molecule has 1 N–H and O–H groups in total. The minimum absolute atomic E-state index is 0.240. The van der Waals surface area contributed by atoms with Crippen molar-refractivity contribution in [3.63, 3.8) is 0 Å². The number of alkyl halides is 1. The summed E-state index contributed by atoms with van der Waals surface area (Å²) >= 11 is 3.42. The normalized spacial score (nSPS) is 50.6. The molecule has 4 rings (SSSR count). The number of hydrogen-bond donors (Lipinski definition) is 1. The lowest BCUT2D eigenvalue weighted by Crippen LogP contribution is -2.52. The van der Waals surface area contributed by atoms with Crippen LogP contribution in [0.15, 0.2) is 0 Å². The zero-order chi connectivity index (χ0) is 18.5. The maximum atomic E-state index is 12.5. The second-order valence-electron chi connectivity index (χ2n) is 10.1. The van der Waals surface area contributed by atoms with Crippen molar-refractivity contribution in [2.24, 2.45) is 40.9 Å². The highest BCUT2D eigenvalue weighted by molar-refractivity contribution is 9.09. The molecule has 0 aromatic heterocycles. The Labute approximate surface area is 166 Å². The van der Waals surface area contributed by atoms with E-state index in [0.29, 0.717) is 23.6 Å². The number of carbonyl (C=O) groups is 1. The SMILES string of the molecule is COC[C@@]1(O)CC[C@H]2[C@@H](CC[C@@H]3[C@@H]2CC[C@]2(C)[C@@H](C(=O)CBr)CC[C@@H]32)C1. The Bertz CT molecular complexity index is 552. The lowest BCUT2D eigenvalue weighted by molar-refractivity contribution is -0.134. The van der Waals surface area contributed by atoms with E-state index in [9.17, 15) is 9.90 Å². The maximum Gasteiger partial charge on any atom is 0.147 e. The maximum absolute atomic E-state index is 12.5. The Balaban J connectivity index is 1.50. The highest BCUT2D eigenvalue weighted by Crippen LogP contribution is 2.64. The van der Waals surface area contributed by atoms with Crippen molar-refractivity contribution >= 4 is 21.7 Å². The molecule has 8 atom stereocenters. The second-order valence-corrected chi connectivity index (χ2v) is 10.7. The van der Waals surface area contributed by atoms with Crippen LogP contribution in [-0.2, 0) is 9.53 Å². The highest BCUT2D eigenvalue weighted by atomic mass is 79.9. The molecule has 0 spiro atoms. The summed E-state index contributed by atoms with van der Waals surface area (Å²) in [5, 5.41) is 11.4. The van der Waals surface area contributed by atoms with Crippen LogP contribution >= 0.6 is 15.9 Å². The van der Waals surface area contributed by atoms with Gasteiger partial charge in [0.15, 0.2) is 0 Å². The number of methoxy groups -OCH3 is 1. The fourth-order valence-corrected chi connectivity index (χ4v) is 8.38. The van der Waals surface area contributed by atoms with Gasteiger partial charge in [-0.2, -0.15) is 0 Å². The molecule has 0 amide bonds. The summed E-state index contributed by atoms with van der Waals surface area (Å²) in [6.07, 6.45) is 10.5. The number of ketones is 1. The molecule has 4 heteroatoms. The molecule has 0 aromatic rings. The molecule has 0 saturated heterocycles. The summed E-state index contributed by atoms with van der Waals surface area (Å²) in [6.45, 7) is 2.91. The van der Waals surface area contributed by atoms with Gasteiger partial charge >= 0.3 is 0 Å². The minimum atomic E-state index is -0.591. The van der Waals surface area contributed by atoms with Gasteiger partial charge in [0.1, 0.15) is 5.78 Å². The number of carbonyl (C=O) groups excluding carboxylic acids is 1. The highest BCUT2D eigenvalue weighted by Gasteiger charge is 2.58. The second kappa shape index (κ2) is 7.15. The summed E-state index contributed by atoms with van der Waals surface area (Å²) < 4.78 is 5.30. The average Bonchev–Trinajstić information content (AvgIpc) is 2.98. The van der Waals surface area contributed by atoms with E-state index in [2.05, 4.69) is 22.9 Å². The third-order valence-electron chi connectivity index (χ3n) is 9.04. The van der Waals surface area contributed by atoms with Crippen molar-refractivity contribution in [3.05, 3.63) is 0 Å². The summed E-state index contributed by atoms with van der Waals surface area (Å²) in [7, 11) is 1.70. The van der Waals surface area contributed by atoms with Gasteiger partial charge in [-0.15, -0.1) is 0 Å². The Kier molecular flexibility index (Phi) is 5.33. The molecular weight excluding hydrogens is 392 g/mol. The van der Waals surface area contributed by atoms with E-state index in [1.165, 1.54) is 38.5 Å². The molecule has 0 bridgehead atoms. The zero-order valence-corrected chi connectivity index (χ0v) is 18.0. The van der Waals surface area contributed by atoms with E-state index >= 15 is 0 Å². The summed E-state index contributed by atoms with van der Waals surface area (Å²) in [6, 6.07) is 0. The third-order valence-corrected chi connectivity index (χ3v) is 9.59. The van der Waals surface area contributed by atoms with Gasteiger partial charge in [0.25, 0.3) is 0 Å². The van der Waals surface area contributed by atoms with E-state index in [4.69, 9.17) is 4.74 Å². The van der Waals surface area contributed by atoms with Crippen LogP contribution < -0.4 is 0 Å². The molecule has 0 aromatic carbocycles. The summed E-state index contributed by atoms with van der Waals surface area (Å²) in [5.74, 6) is 4.58. The van der Waals surface area contributed by atoms with Gasteiger partial charge in [-0.05, 0) is 92.8 Å². The van der Waals surface area contributed by atoms with E-state index in [0.717, 1.165) is 42.9 Å². The fraction of sp³-hybridized carbons (Fsp3) is 0.955. The van der Waals surface area contributed by atoms with E-state index in [-0.39, 0.29) is 11.3 Å². The van der Waals surface area contributed by atoms with Crippen LogP contribution in [0.2, 0.25) is 0 Å². The van der Waals surface area contributed by atoms with Crippen LogP contribution in [0, 0.1) is 40.9 Å². The molecule has 148 valence electrons. The van der Waals surface area contributed by atoms with Crippen molar-refractivity contribution in [3.8, 4) is 0 Å². The Morgan fingerprint density at radius 3 is 2.58 bits per heavy atom. The van der Waals surface area contributed by atoms with Crippen molar-refractivity contribution in [1.82, 2.24) is 0 Å². The molecule has 4 saturated carbocycles. The third kappa shape index (κ3) is 3.03. The zero-order valence-electron chi connectivity index (χ0n) is 16.4. The molecular formula is C22H35BrO3. The minimum Gasteiger partial charge on any atom is -0.387 e. The summed E-state index contributed by atoms with van der Waals surface area (Å²) in [5.41, 5.74) is -0.350. The number of halogens is 1. The van der Waals surface area contributed by atoms with Gasteiger partial charge < -0.3 is 9.84 Å². The molecule has 3 nitrogen and oxygen atoms in total. The van der Waals surface area contributed by atoms with Crippen LogP contribution in [0.25, 0.3) is 0 Å². The Morgan fingerprint density at radius 2 is 1.85 bits per heavy atom. The van der Waals surface area contributed by atoms with E-state index < -0.39 is 5.60 Å². The summed E-state index contributed by atoms with van der Waals surface area (Å²) in [4.78, 5) is 12.5. The first-order valence-electron chi connectivity index (χ1n) is 10.7. The van der Waals surface area contributed by atoms with Crippen molar-refractivity contribution in [1.29, 1.82) is 0 Å². The van der Waals surface area contributed by atoms with Crippen LogP contribution in [0.4, 0.5) is 0 Å². The first-order valence-corrected chi connectivity index (χ1v) is 11.8.